The minimum absolute atomic E-state index is 0.141. The van der Waals surface area contributed by atoms with Gasteiger partial charge in [-0.2, -0.15) is 0 Å². The third-order valence-electron chi connectivity index (χ3n) is 4.34. The maximum atomic E-state index is 6.34. The highest BCUT2D eigenvalue weighted by molar-refractivity contribution is 5.26. The monoisotopic (exact) mass is 275 g/mol. The first-order valence-electron chi connectivity index (χ1n) is 7.75. The molecule has 3 atom stereocenters. The van der Waals surface area contributed by atoms with Crippen LogP contribution in [0, 0.1) is 6.92 Å². The fourth-order valence-corrected chi connectivity index (χ4v) is 3.46. The Morgan fingerprint density at radius 1 is 1.30 bits per heavy atom. The summed E-state index contributed by atoms with van der Waals surface area (Å²) in [5.41, 5.74) is 9.01. The molecule has 0 aromatic heterocycles. The number of hydrogen-bond donors (Lipinski definition) is 1. The second-order valence-corrected chi connectivity index (χ2v) is 6.42. The summed E-state index contributed by atoms with van der Waals surface area (Å²) in [6, 6.07) is 9.81. The van der Waals surface area contributed by atoms with Crippen LogP contribution in [0.1, 0.15) is 37.4 Å². The Kier molecular flexibility index (Phi) is 5.19. The van der Waals surface area contributed by atoms with Crippen LogP contribution in [0.3, 0.4) is 0 Å². The van der Waals surface area contributed by atoms with Crippen LogP contribution in [0.2, 0.25) is 0 Å². The lowest BCUT2D eigenvalue weighted by atomic mass is 9.96. The maximum Gasteiger partial charge on any atom is 0.0499 e. The Hall–Kier alpha value is -0.900. The molecule has 3 heteroatoms. The summed E-state index contributed by atoms with van der Waals surface area (Å²) in [5.74, 6) is 0. The third kappa shape index (κ3) is 3.60. The average Bonchev–Trinajstić information content (AvgIpc) is 2.51. The summed E-state index contributed by atoms with van der Waals surface area (Å²) in [4.78, 5) is 5.03. The molecule has 0 aliphatic carbocycles. The van der Waals surface area contributed by atoms with Crippen molar-refractivity contribution in [3.63, 3.8) is 0 Å². The molecule has 112 valence electrons. The fraction of sp³-hybridized carbons (Fsp3) is 0.647. The maximum absolute atomic E-state index is 6.34. The van der Waals surface area contributed by atoms with Crippen molar-refractivity contribution in [3.8, 4) is 0 Å². The van der Waals surface area contributed by atoms with Crippen LogP contribution in [0.4, 0.5) is 0 Å². The van der Waals surface area contributed by atoms with E-state index in [1.807, 2.05) is 0 Å². The van der Waals surface area contributed by atoms with Gasteiger partial charge in [-0.05, 0) is 46.3 Å². The summed E-state index contributed by atoms with van der Waals surface area (Å²) in [7, 11) is 2.22. The molecule has 1 aromatic carbocycles. The second kappa shape index (κ2) is 6.70. The van der Waals surface area contributed by atoms with Crippen LogP contribution in [0.5, 0.6) is 0 Å². The Balaban J connectivity index is 2.28. The van der Waals surface area contributed by atoms with Gasteiger partial charge in [0.25, 0.3) is 0 Å². The molecule has 0 spiro atoms. The van der Waals surface area contributed by atoms with Gasteiger partial charge >= 0.3 is 0 Å². The van der Waals surface area contributed by atoms with Crippen molar-refractivity contribution in [1.29, 1.82) is 0 Å². The van der Waals surface area contributed by atoms with E-state index in [0.29, 0.717) is 12.1 Å². The normalized spacial score (nSPS) is 25.1. The van der Waals surface area contributed by atoms with Gasteiger partial charge in [0.05, 0.1) is 0 Å². The van der Waals surface area contributed by atoms with Crippen molar-refractivity contribution < 1.29 is 0 Å². The van der Waals surface area contributed by atoms with Crippen molar-refractivity contribution in [1.82, 2.24) is 9.80 Å². The van der Waals surface area contributed by atoms with Crippen molar-refractivity contribution in [2.24, 2.45) is 5.73 Å². The molecule has 20 heavy (non-hydrogen) atoms. The zero-order valence-electron chi connectivity index (χ0n) is 13.3. The molecule has 1 fully saturated rings. The minimum Gasteiger partial charge on any atom is -0.326 e. The van der Waals surface area contributed by atoms with E-state index in [0.717, 1.165) is 13.1 Å². The minimum atomic E-state index is 0.141. The van der Waals surface area contributed by atoms with Gasteiger partial charge in [0, 0.05) is 31.2 Å². The number of rotatable bonds is 3. The molecule has 0 amide bonds. The molecule has 3 unspecified atom stereocenters. The van der Waals surface area contributed by atoms with Crippen LogP contribution in [-0.4, -0.2) is 48.6 Å². The van der Waals surface area contributed by atoms with E-state index in [-0.39, 0.29) is 6.04 Å². The van der Waals surface area contributed by atoms with Crippen LogP contribution in [-0.2, 0) is 0 Å². The molecular formula is C17H29N3. The zero-order chi connectivity index (χ0) is 14.7. The Bertz CT molecular complexity index is 430. The summed E-state index contributed by atoms with van der Waals surface area (Å²) < 4.78 is 0. The van der Waals surface area contributed by atoms with E-state index in [4.69, 9.17) is 5.73 Å². The van der Waals surface area contributed by atoms with Crippen molar-refractivity contribution in [3.05, 3.63) is 35.4 Å². The first kappa shape index (κ1) is 15.5. The van der Waals surface area contributed by atoms with Gasteiger partial charge in [-0.15, -0.1) is 0 Å². The van der Waals surface area contributed by atoms with Gasteiger partial charge in [-0.3, -0.25) is 4.90 Å². The van der Waals surface area contributed by atoms with Crippen LogP contribution < -0.4 is 5.73 Å². The molecule has 2 N–H and O–H groups in total. The largest absolute Gasteiger partial charge is 0.326 e. The predicted octanol–water partition coefficient (Wildman–Crippen LogP) is 2.41. The highest BCUT2D eigenvalue weighted by Gasteiger charge is 2.29. The molecule has 0 radical (unpaired) electrons. The topological polar surface area (TPSA) is 32.5 Å². The quantitative estimate of drug-likeness (QED) is 0.919. The molecule has 3 nitrogen and oxygen atoms in total. The van der Waals surface area contributed by atoms with Crippen molar-refractivity contribution >= 4 is 0 Å². The van der Waals surface area contributed by atoms with E-state index in [1.165, 1.54) is 24.1 Å². The predicted molar refractivity (Wildman–Crippen MR) is 85.9 cm³/mol. The number of benzene rings is 1. The van der Waals surface area contributed by atoms with Crippen molar-refractivity contribution in [2.75, 3.05) is 26.7 Å². The summed E-state index contributed by atoms with van der Waals surface area (Å²) in [6.45, 7) is 10.0. The SMILES string of the molecule is Cc1cccc(C(C(C)N)N2CCCN(C)CC2C)c1. The zero-order valence-corrected chi connectivity index (χ0v) is 13.3. The Morgan fingerprint density at radius 3 is 2.70 bits per heavy atom. The molecule has 1 saturated heterocycles. The average molecular weight is 275 g/mol. The van der Waals surface area contributed by atoms with Gasteiger partial charge in [0.1, 0.15) is 0 Å². The highest BCUT2D eigenvalue weighted by Crippen LogP contribution is 2.28. The third-order valence-corrected chi connectivity index (χ3v) is 4.34. The second-order valence-electron chi connectivity index (χ2n) is 6.42. The number of hydrogen-bond acceptors (Lipinski definition) is 3. The van der Waals surface area contributed by atoms with E-state index >= 15 is 0 Å². The van der Waals surface area contributed by atoms with E-state index in [2.05, 4.69) is 61.9 Å². The fourth-order valence-electron chi connectivity index (χ4n) is 3.46. The molecule has 1 aromatic rings. The first-order chi connectivity index (χ1) is 9.49. The lowest BCUT2D eigenvalue weighted by Gasteiger charge is -2.38. The molecule has 1 aliphatic rings. The van der Waals surface area contributed by atoms with Gasteiger partial charge in [-0.1, -0.05) is 29.8 Å². The Morgan fingerprint density at radius 2 is 2.05 bits per heavy atom. The van der Waals surface area contributed by atoms with Crippen LogP contribution in [0.25, 0.3) is 0 Å². The van der Waals surface area contributed by atoms with Crippen LogP contribution in [0.15, 0.2) is 24.3 Å². The molecule has 0 saturated carbocycles. The number of likely N-dealkylation sites (N-methyl/N-ethyl adjacent to an activating group) is 1. The Labute approximate surface area is 123 Å². The van der Waals surface area contributed by atoms with E-state index < -0.39 is 0 Å². The smallest absolute Gasteiger partial charge is 0.0499 e. The lowest BCUT2D eigenvalue weighted by molar-refractivity contribution is 0.127. The molecule has 1 heterocycles. The summed E-state index contributed by atoms with van der Waals surface area (Å²) in [6.07, 6.45) is 1.22. The molecule has 0 bridgehead atoms. The molecule has 2 rings (SSSR count). The number of aryl methyl sites for hydroxylation is 1. The summed E-state index contributed by atoms with van der Waals surface area (Å²) in [5, 5.41) is 0. The first-order valence-corrected chi connectivity index (χ1v) is 7.75. The van der Waals surface area contributed by atoms with E-state index in [1.54, 1.807) is 0 Å². The van der Waals surface area contributed by atoms with Crippen LogP contribution >= 0.6 is 0 Å². The van der Waals surface area contributed by atoms with Gasteiger partial charge < -0.3 is 10.6 Å². The summed E-state index contributed by atoms with van der Waals surface area (Å²) >= 11 is 0. The van der Waals surface area contributed by atoms with Gasteiger partial charge in [0.2, 0.25) is 0 Å². The van der Waals surface area contributed by atoms with Gasteiger partial charge in [-0.25, -0.2) is 0 Å². The number of nitrogens with two attached hydrogens (primary N) is 1. The van der Waals surface area contributed by atoms with E-state index in [9.17, 15) is 0 Å². The molecule has 1 aliphatic heterocycles. The molecular weight excluding hydrogens is 246 g/mol. The van der Waals surface area contributed by atoms with Crippen molar-refractivity contribution in [2.45, 2.75) is 45.3 Å². The lowest BCUT2D eigenvalue weighted by Crippen LogP contribution is -2.46. The standard InChI is InChI=1S/C17H29N3/c1-13-7-5-8-16(11-13)17(15(3)18)20-10-6-9-19(4)12-14(20)2/h5,7-8,11,14-15,17H,6,9-10,12,18H2,1-4H3. The highest BCUT2D eigenvalue weighted by atomic mass is 15.3. The van der Waals surface area contributed by atoms with Gasteiger partial charge in [0.15, 0.2) is 0 Å². The number of nitrogens with zero attached hydrogens (tertiary/aromatic N) is 2.